The largest absolute Gasteiger partial charge is 0.383 e. The van der Waals surface area contributed by atoms with E-state index in [1.807, 2.05) is 0 Å². The van der Waals surface area contributed by atoms with Gasteiger partial charge < -0.3 is 15.7 Å². The van der Waals surface area contributed by atoms with Gasteiger partial charge in [-0.15, -0.1) is 0 Å². The van der Waals surface area contributed by atoms with Crippen LogP contribution in [-0.2, 0) is 12.6 Å². The van der Waals surface area contributed by atoms with Gasteiger partial charge >= 0.3 is 6.03 Å². The van der Waals surface area contributed by atoms with Gasteiger partial charge in [0, 0.05) is 24.8 Å². The normalized spacial score (nSPS) is 19.1. The van der Waals surface area contributed by atoms with Crippen LogP contribution < -0.4 is 10.6 Å². The smallest absolute Gasteiger partial charge is 0.315 e. The predicted molar refractivity (Wildman–Crippen MR) is 71.6 cm³/mol. The zero-order valence-electron chi connectivity index (χ0n) is 11.5. The number of rotatable bonds is 4. The van der Waals surface area contributed by atoms with Gasteiger partial charge in [-0.05, 0) is 19.8 Å². The molecule has 0 aliphatic heterocycles. The maximum atomic E-state index is 11.7. The van der Waals surface area contributed by atoms with Gasteiger partial charge in [-0.3, -0.25) is 4.68 Å². The Morgan fingerprint density at radius 2 is 2.26 bits per heavy atom. The summed E-state index contributed by atoms with van der Waals surface area (Å²) in [6.07, 6.45) is 7.81. The molecule has 2 amide bonds. The number of carbonyl (C=O) groups excluding carboxylic acids is 1. The SMILES string of the molecule is Cn1cc(C(C)(O)CNC(=O)NC2CCCC2)cn1. The second-order valence-electron chi connectivity index (χ2n) is 5.48. The molecule has 1 heterocycles. The Labute approximate surface area is 113 Å². The average molecular weight is 266 g/mol. The van der Waals surface area contributed by atoms with Crippen molar-refractivity contribution in [2.45, 2.75) is 44.2 Å². The third kappa shape index (κ3) is 3.70. The van der Waals surface area contributed by atoms with Crippen LogP contribution >= 0.6 is 0 Å². The summed E-state index contributed by atoms with van der Waals surface area (Å²) in [6, 6.07) is 0.0689. The fourth-order valence-corrected chi connectivity index (χ4v) is 2.36. The molecule has 1 unspecified atom stereocenters. The lowest BCUT2D eigenvalue weighted by molar-refractivity contribution is 0.0592. The first-order valence-corrected chi connectivity index (χ1v) is 6.73. The number of urea groups is 1. The van der Waals surface area contributed by atoms with Crippen molar-refractivity contribution in [1.29, 1.82) is 0 Å². The van der Waals surface area contributed by atoms with Crippen LogP contribution in [0.2, 0.25) is 0 Å². The lowest BCUT2D eigenvalue weighted by atomic mass is 10.00. The van der Waals surface area contributed by atoms with Crippen molar-refractivity contribution in [2.24, 2.45) is 7.05 Å². The van der Waals surface area contributed by atoms with Gasteiger partial charge in [-0.25, -0.2) is 4.79 Å². The molecule has 3 N–H and O–H groups in total. The molecule has 1 aliphatic carbocycles. The van der Waals surface area contributed by atoms with Crippen molar-refractivity contribution >= 4 is 6.03 Å². The monoisotopic (exact) mass is 266 g/mol. The van der Waals surface area contributed by atoms with E-state index in [2.05, 4.69) is 15.7 Å². The molecule has 1 aliphatic rings. The summed E-state index contributed by atoms with van der Waals surface area (Å²) in [5.41, 5.74) is -0.419. The van der Waals surface area contributed by atoms with Crippen molar-refractivity contribution in [1.82, 2.24) is 20.4 Å². The fraction of sp³-hybridized carbons (Fsp3) is 0.692. The van der Waals surface area contributed by atoms with Gasteiger partial charge in [0.1, 0.15) is 5.60 Å². The Balaban J connectivity index is 1.81. The minimum atomic E-state index is -1.11. The highest BCUT2D eigenvalue weighted by Gasteiger charge is 2.26. The zero-order valence-corrected chi connectivity index (χ0v) is 11.5. The second kappa shape index (κ2) is 5.61. The third-order valence-electron chi connectivity index (χ3n) is 3.61. The molecule has 6 nitrogen and oxygen atoms in total. The number of nitrogens with one attached hydrogen (secondary N) is 2. The Kier molecular flexibility index (Phi) is 4.09. The van der Waals surface area contributed by atoms with Gasteiger partial charge in [-0.1, -0.05) is 12.8 Å². The standard InChI is InChI=1S/C13H22N4O2/c1-13(19,10-7-15-17(2)8-10)9-14-12(18)16-11-5-3-4-6-11/h7-8,11,19H,3-6,9H2,1-2H3,(H2,14,16,18). The highest BCUT2D eigenvalue weighted by Crippen LogP contribution is 2.19. The molecule has 0 radical (unpaired) electrons. The van der Waals surface area contributed by atoms with Crippen LogP contribution in [-0.4, -0.2) is 33.5 Å². The van der Waals surface area contributed by atoms with Crippen molar-refractivity contribution in [2.75, 3.05) is 6.54 Å². The lowest BCUT2D eigenvalue weighted by Gasteiger charge is -2.23. The molecule has 0 bridgehead atoms. The Hall–Kier alpha value is -1.56. The zero-order chi connectivity index (χ0) is 13.9. The first kappa shape index (κ1) is 13.9. The fourth-order valence-electron chi connectivity index (χ4n) is 2.36. The Morgan fingerprint density at radius 3 is 2.84 bits per heavy atom. The predicted octanol–water partition coefficient (Wildman–Crippen LogP) is 0.869. The van der Waals surface area contributed by atoms with E-state index in [0.29, 0.717) is 5.56 Å². The first-order chi connectivity index (χ1) is 8.97. The molecule has 106 valence electrons. The van der Waals surface area contributed by atoms with E-state index in [-0.39, 0.29) is 18.6 Å². The average Bonchev–Trinajstić information content (AvgIpc) is 2.98. The van der Waals surface area contributed by atoms with Crippen molar-refractivity contribution in [3.8, 4) is 0 Å². The number of aliphatic hydroxyl groups is 1. The maximum Gasteiger partial charge on any atom is 0.315 e. The molecule has 2 rings (SSSR count). The summed E-state index contributed by atoms with van der Waals surface area (Å²) >= 11 is 0. The van der Waals surface area contributed by atoms with Crippen LogP contribution in [0, 0.1) is 0 Å². The third-order valence-corrected chi connectivity index (χ3v) is 3.61. The van der Waals surface area contributed by atoms with Crippen LogP contribution in [0.15, 0.2) is 12.4 Å². The number of nitrogens with zero attached hydrogens (tertiary/aromatic N) is 2. The van der Waals surface area contributed by atoms with Crippen LogP contribution in [0.3, 0.4) is 0 Å². The van der Waals surface area contributed by atoms with E-state index in [9.17, 15) is 9.90 Å². The molecular weight excluding hydrogens is 244 g/mol. The van der Waals surface area contributed by atoms with E-state index >= 15 is 0 Å². The van der Waals surface area contributed by atoms with Crippen LogP contribution in [0.25, 0.3) is 0 Å². The number of hydrogen-bond acceptors (Lipinski definition) is 3. The van der Waals surface area contributed by atoms with E-state index in [4.69, 9.17) is 0 Å². The van der Waals surface area contributed by atoms with Gasteiger partial charge in [0.2, 0.25) is 0 Å². The summed E-state index contributed by atoms with van der Waals surface area (Å²) in [4.78, 5) is 11.7. The molecule has 19 heavy (non-hydrogen) atoms. The van der Waals surface area contributed by atoms with E-state index in [0.717, 1.165) is 12.8 Å². The molecular formula is C13H22N4O2. The summed E-state index contributed by atoms with van der Waals surface area (Å²) in [6.45, 7) is 1.83. The first-order valence-electron chi connectivity index (χ1n) is 6.73. The molecule has 1 aromatic rings. The molecule has 0 saturated heterocycles. The summed E-state index contributed by atoms with van der Waals surface area (Å²) in [7, 11) is 1.79. The minimum Gasteiger partial charge on any atom is -0.383 e. The molecule has 6 heteroatoms. The number of aryl methyl sites for hydroxylation is 1. The maximum absolute atomic E-state index is 11.7. The number of hydrogen-bond donors (Lipinski definition) is 3. The quantitative estimate of drug-likeness (QED) is 0.756. The van der Waals surface area contributed by atoms with Crippen molar-refractivity contribution < 1.29 is 9.90 Å². The summed E-state index contributed by atoms with van der Waals surface area (Å²) in [5, 5.41) is 20.0. The van der Waals surface area contributed by atoms with Gasteiger partial charge in [0.05, 0.1) is 12.7 Å². The summed E-state index contributed by atoms with van der Waals surface area (Å²) < 4.78 is 1.63. The molecule has 0 aromatic carbocycles. The van der Waals surface area contributed by atoms with Gasteiger partial charge in [0.25, 0.3) is 0 Å². The molecule has 1 atom stereocenters. The van der Waals surface area contributed by atoms with E-state index in [1.165, 1.54) is 12.8 Å². The van der Waals surface area contributed by atoms with Crippen LogP contribution in [0.1, 0.15) is 38.2 Å². The number of carbonyl (C=O) groups is 1. The number of amides is 2. The van der Waals surface area contributed by atoms with Crippen molar-refractivity contribution in [3.63, 3.8) is 0 Å². The summed E-state index contributed by atoms with van der Waals surface area (Å²) in [5.74, 6) is 0. The molecule has 1 saturated carbocycles. The Bertz CT molecular complexity index is 436. The topological polar surface area (TPSA) is 79.2 Å². The van der Waals surface area contributed by atoms with Crippen LogP contribution in [0.5, 0.6) is 0 Å². The number of aromatic nitrogens is 2. The second-order valence-corrected chi connectivity index (χ2v) is 5.48. The highest BCUT2D eigenvalue weighted by molar-refractivity contribution is 5.74. The lowest BCUT2D eigenvalue weighted by Crippen LogP contribution is -2.46. The molecule has 0 spiro atoms. The Morgan fingerprint density at radius 1 is 1.58 bits per heavy atom. The van der Waals surface area contributed by atoms with Gasteiger partial charge in [-0.2, -0.15) is 5.10 Å². The van der Waals surface area contributed by atoms with Crippen molar-refractivity contribution in [3.05, 3.63) is 18.0 Å². The highest BCUT2D eigenvalue weighted by atomic mass is 16.3. The molecule has 1 fully saturated rings. The minimum absolute atomic E-state index is 0.164. The van der Waals surface area contributed by atoms with E-state index < -0.39 is 5.60 Å². The van der Waals surface area contributed by atoms with Gasteiger partial charge in [0.15, 0.2) is 0 Å². The van der Waals surface area contributed by atoms with Crippen LogP contribution in [0.4, 0.5) is 4.79 Å². The van der Waals surface area contributed by atoms with E-state index in [1.54, 1.807) is 31.0 Å². The molecule has 1 aromatic heterocycles.